The Kier molecular flexibility index (Phi) is 6.37. The lowest BCUT2D eigenvalue weighted by molar-refractivity contribution is 0.0164. The van der Waals surface area contributed by atoms with Crippen LogP contribution < -0.4 is 0 Å². The molecule has 0 radical (unpaired) electrons. The molecule has 46 heavy (non-hydrogen) atoms. The van der Waals surface area contributed by atoms with E-state index in [0.29, 0.717) is 11.8 Å². The quantitative estimate of drug-likeness (QED) is 0.240. The third-order valence-electron chi connectivity index (χ3n) is 9.67. The molecule has 4 fully saturated rings. The molecule has 0 bridgehead atoms. The monoisotopic (exact) mass is 622 g/mol. The predicted octanol–water partition coefficient (Wildman–Crippen LogP) is 7.76. The molecule has 6 atom stereocenters. The first-order valence-electron chi connectivity index (χ1n) is 16.5. The van der Waals surface area contributed by atoms with Gasteiger partial charge in [-0.2, -0.15) is 0 Å². The van der Waals surface area contributed by atoms with Gasteiger partial charge in [0.25, 0.3) is 0 Å². The molecule has 2 saturated carbocycles. The number of H-pyrrole nitrogens is 2. The Morgan fingerprint density at radius 2 is 1.26 bits per heavy atom. The van der Waals surface area contributed by atoms with Gasteiger partial charge in [-0.1, -0.05) is 30.3 Å². The number of carbonyl (C=O) groups excluding carboxylic acids is 2. The molecule has 2 amide bonds. The minimum Gasteiger partial charge on any atom is -0.444 e. The zero-order valence-corrected chi connectivity index (χ0v) is 27.3. The second-order valence-electron chi connectivity index (χ2n) is 15.5. The van der Waals surface area contributed by atoms with E-state index in [1.165, 1.54) is 0 Å². The number of likely N-dealkylation sites (tertiary alicyclic amines) is 2. The predicted molar refractivity (Wildman–Crippen MR) is 174 cm³/mol. The summed E-state index contributed by atoms with van der Waals surface area (Å²) in [7, 11) is 0. The standard InChI is InChI=1S/C36H42N6O4/c1-35(2,3)45-33(43)41-27-14-22(27)16-29(41)31-37-18-26(40-31)20-9-7-19(8-10-20)21-11-12-24-25(13-21)39-32(38-24)30-17-23-15-28(23)42(30)34(44)46-36(4,5)6/h7-13,18,22-23,27-30H,14-17H2,1-6H3,(H,37,40)(H,38,39)/t22-,23-,27-,28-,29+,30+/m1/s1. The molecule has 2 aliphatic heterocycles. The maximum atomic E-state index is 13.1. The van der Waals surface area contributed by atoms with Crippen LogP contribution in [0.4, 0.5) is 9.59 Å². The van der Waals surface area contributed by atoms with Crippen LogP contribution in [0.2, 0.25) is 0 Å². The van der Waals surface area contributed by atoms with Crippen LogP contribution >= 0.6 is 0 Å². The average molecular weight is 623 g/mol. The van der Waals surface area contributed by atoms with Crippen LogP contribution in [0.5, 0.6) is 0 Å². The summed E-state index contributed by atoms with van der Waals surface area (Å²) in [6, 6.07) is 15.0. The molecule has 2 N–H and O–H groups in total. The molecule has 2 aliphatic carbocycles. The fourth-order valence-electron chi connectivity index (χ4n) is 7.42. The Hall–Kier alpha value is -4.34. The van der Waals surface area contributed by atoms with Crippen molar-refractivity contribution in [3.05, 3.63) is 60.3 Å². The zero-order chi connectivity index (χ0) is 32.1. The Morgan fingerprint density at radius 3 is 1.85 bits per heavy atom. The molecule has 8 rings (SSSR count). The number of imidazole rings is 2. The van der Waals surface area contributed by atoms with E-state index in [0.717, 1.165) is 70.7 Å². The van der Waals surface area contributed by atoms with Crippen molar-refractivity contribution in [1.82, 2.24) is 29.7 Å². The number of benzene rings is 2. The Morgan fingerprint density at radius 1 is 0.717 bits per heavy atom. The number of fused-ring (bicyclic) bond motifs is 3. The lowest BCUT2D eigenvalue weighted by Gasteiger charge is -2.29. The first-order valence-corrected chi connectivity index (χ1v) is 16.5. The summed E-state index contributed by atoms with van der Waals surface area (Å²) in [6.07, 6.45) is 5.25. The van der Waals surface area contributed by atoms with E-state index in [-0.39, 0.29) is 36.4 Å². The van der Waals surface area contributed by atoms with Crippen molar-refractivity contribution >= 4 is 23.2 Å². The number of rotatable bonds is 4. The van der Waals surface area contributed by atoms with E-state index in [9.17, 15) is 9.59 Å². The molecule has 10 nitrogen and oxygen atoms in total. The Labute approximate surface area is 268 Å². The average Bonchev–Trinajstić information content (AvgIpc) is 3.60. The Balaban J connectivity index is 0.987. The molecule has 2 aromatic heterocycles. The van der Waals surface area contributed by atoms with Crippen LogP contribution in [0.1, 0.15) is 91.0 Å². The molecule has 4 heterocycles. The van der Waals surface area contributed by atoms with E-state index in [1.54, 1.807) is 0 Å². The summed E-state index contributed by atoms with van der Waals surface area (Å²) < 4.78 is 11.5. The maximum Gasteiger partial charge on any atom is 0.411 e. The van der Waals surface area contributed by atoms with Gasteiger partial charge < -0.3 is 19.4 Å². The molecule has 0 spiro atoms. The maximum absolute atomic E-state index is 13.1. The normalized spacial score (nSPS) is 26.7. The van der Waals surface area contributed by atoms with Crippen molar-refractivity contribution in [2.45, 2.75) is 103 Å². The van der Waals surface area contributed by atoms with Gasteiger partial charge in [0.15, 0.2) is 0 Å². The van der Waals surface area contributed by atoms with Crippen LogP contribution in [0.15, 0.2) is 48.7 Å². The van der Waals surface area contributed by atoms with Crippen molar-refractivity contribution in [2.24, 2.45) is 11.8 Å². The minimum atomic E-state index is -0.536. The first-order chi connectivity index (χ1) is 21.8. The van der Waals surface area contributed by atoms with Crippen LogP contribution in [0.25, 0.3) is 33.4 Å². The summed E-state index contributed by atoms with van der Waals surface area (Å²) in [5.74, 6) is 2.68. The third kappa shape index (κ3) is 5.31. The highest BCUT2D eigenvalue weighted by Crippen LogP contribution is 2.54. The summed E-state index contributed by atoms with van der Waals surface area (Å²) in [6.45, 7) is 11.4. The van der Waals surface area contributed by atoms with Crippen molar-refractivity contribution in [2.75, 3.05) is 0 Å². The lowest BCUT2D eigenvalue weighted by atomic mass is 10.0. The molecule has 4 aliphatic rings. The summed E-state index contributed by atoms with van der Waals surface area (Å²) in [5.41, 5.74) is 4.88. The SMILES string of the molecule is CC(C)(C)OC(=O)N1[C@@H]2C[C@@H]2C[C@H]1c1ncc(-c2ccc(-c3ccc4nc([C@@H]5C[C@H]6C[C@H]6N5C(=O)OC(C)(C)C)[nH]c4c3)cc2)[nH]1. The van der Waals surface area contributed by atoms with Gasteiger partial charge >= 0.3 is 12.2 Å². The van der Waals surface area contributed by atoms with Gasteiger partial charge in [0.1, 0.15) is 22.9 Å². The second kappa shape index (κ2) is 10.1. The number of aromatic nitrogens is 4. The highest BCUT2D eigenvalue weighted by atomic mass is 16.6. The highest BCUT2D eigenvalue weighted by Gasteiger charge is 2.57. The van der Waals surface area contributed by atoms with Crippen LogP contribution in [-0.2, 0) is 9.47 Å². The third-order valence-corrected chi connectivity index (χ3v) is 9.67. The molecule has 240 valence electrons. The number of ether oxygens (including phenoxy) is 2. The van der Waals surface area contributed by atoms with E-state index in [2.05, 4.69) is 46.4 Å². The largest absolute Gasteiger partial charge is 0.444 e. The molecule has 2 aromatic carbocycles. The van der Waals surface area contributed by atoms with Crippen molar-refractivity contribution in [1.29, 1.82) is 0 Å². The fraction of sp³-hybridized carbons (Fsp3) is 0.500. The van der Waals surface area contributed by atoms with Gasteiger partial charge in [0, 0.05) is 12.1 Å². The molecule has 2 saturated heterocycles. The number of amides is 2. The zero-order valence-electron chi connectivity index (χ0n) is 27.3. The van der Waals surface area contributed by atoms with Gasteiger partial charge in [-0.25, -0.2) is 19.6 Å². The van der Waals surface area contributed by atoms with Crippen LogP contribution in [0, 0.1) is 11.8 Å². The van der Waals surface area contributed by atoms with Gasteiger partial charge in [0.05, 0.1) is 35.0 Å². The number of hydrogen-bond donors (Lipinski definition) is 2. The van der Waals surface area contributed by atoms with Crippen molar-refractivity contribution < 1.29 is 19.1 Å². The van der Waals surface area contributed by atoms with Crippen LogP contribution in [-0.4, -0.2) is 65.2 Å². The topological polar surface area (TPSA) is 116 Å². The van der Waals surface area contributed by atoms with Crippen molar-refractivity contribution in [3.8, 4) is 22.4 Å². The van der Waals surface area contributed by atoms with Gasteiger partial charge in [-0.05, 0) is 108 Å². The van der Waals surface area contributed by atoms with Gasteiger partial charge in [-0.15, -0.1) is 0 Å². The lowest BCUT2D eigenvalue weighted by Crippen LogP contribution is -2.38. The van der Waals surface area contributed by atoms with Crippen LogP contribution in [0.3, 0.4) is 0 Å². The van der Waals surface area contributed by atoms with E-state index < -0.39 is 11.2 Å². The van der Waals surface area contributed by atoms with E-state index >= 15 is 0 Å². The molecular weight excluding hydrogens is 580 g/mol. The van der Waals surface area contributed by atoms with Crippen molar-refractivity contribution in [3.63, 3.8) is 0 Å². The number of hydrogen-bond acceptors (Lipinski definition) is 6. The first kappa shape index (κ1) is 29.1. The number of nitrogens with zero attached hydrogens (tertiary/aromatic N) is 4. The molecule has 10 heteroatoms. The molecular formula is C36H42N6O4. The fourth-order valence-corrected chi connectivity index (χ4v) is 7.42. The number of carbonyl (C=O) groups is 2. The summed E-state index contributed by atoms with van der Waals surface area (Å²) in [5, 5.41) is 0. The summed E-state index contributed by atoms with van der Waals surface area (Å²) in [4.78, 5) is 46.5. The Bertz CT molecular complexity index is 1830. The number of nitrogens with one attached hydrogen (secondary N) is 2. The molecule has 0 unspecified atom stereocenters. The van der Waals surface area contributed by atoms with E-state index in [4.69, 9.17) is 19.4 Å². The van der Waals surface area contributed by atoms with Gasteiger partial charge in [-0.3, -0.25) is 9.80 Å². The number of aromatic amines is 2. The minimum absolute atomic E-state index is 0.0936. The smallest absolute Gasteiger partial charge is 0.411 e. The molecule has 4 aromatic rings. The number of piperidine rings is 2. The highest BCUT2D eigenvalue weighted by molar-refractivity contribution is 5.83. The summed E-state index contributed by atoms with van der Waals surface area (Å²) >= 11 is 0. The van der Waals surface area contributed by atoms with Gasteiger partial charge in [0.2, 0.25) is 0 Å². The van der Waals surface area contributed by atoms with E-state index in [1.807, 2.05) is 63.6 Å². The second-order valence-corrected chi connectivity index (χ2v) is 15.5.